The topological polar surface area (TPSA) is 82.3 Å². The maximum Gasteiger partial charge on any atom is 0.266 e. The summed E-state index contributed by atoms with van der Waals surface area (Å²) in [6, 6.07) is 1.14. The number of H-pyrrole nitrogens is 1. The third kappa shape index (κ3) is 4.90. The second-order valence-corrected chi connectivity index (χ2v) is 7.91. The van der Waals surface area contributed by atoms with Gasteiger partial charge in [0.05, 0.1) is 4.90 Å². The molecule has 2 N–H and O–H groups in total. The molecule has 20 heavy (non-hydrogen) atoms. The van der Waals surface area contributed by atoms with Crippen molar-refractivity contribution < 1.29 is 8.42 Å². The lowest BCUT2D eigenvalue weighted by molar-refractivity contribution is 0.242. The molecule has 6 nitrogen and oxygen atoms in total. The normalized spacial score (nSPS) is 12.9. The van der Waals surface area contributed by atoms with Gasteiger partial charge in [-0.05, 0) is 25.6 Å². The van der Waals surface area contributed by atoms with Crippen LogP contribution >= 0.6 is 11.6 Å². The molecule has 8 heteroatoms. The standard InChI is InChI=1S/C12H20ClN3O3S/c1-12(2,8-16(3)4)7-15-20(18,19)9-5-10(13)11(17)14-6-9/h5-6,15H,7-8H2,1-4H3,(H,14,17). The summed E-state index contributed by atoms with van der Waals surface area (Å²) in [6.07, 6.45) is 1.13. The Kier molecular flexibility index (Phi) is 5.37. The molecule has 0 saturated carbocycles. The van der Waals surface area contributed by atoms with E-state index < -0.39 is 15.6 Å². The Labute approximate surface area is 124 Å². The van der Waals surface area contributed by atoms with Crippen molar-refractivity contribution >= 4 is 21.6 Å². The summed E-state index contributed by atoms with van der Waals surface area (Å²) < 4.78 is 26.8. The Morgan fingerprint density at radius 1 is 1.40 bits per heavy atom. The van der Waals surface area contributed by atoms with Crippen LogP contribution in [0, 0.1) is 5.41 Å². The molecule has 0 fully saturated rings. The number of pyridine rings is 1. The molecule has 0 amide bonds. The number of rotatable bonds is 6. The van der Waals surface area contributed by atoms with Crippen LogP contribution in [0.15, 0.2) is 22.0 Å². The van der Waals surface area contributed by atoms with E-state index in [2.05, 4.69) is 9.71 Å². The lowest BCUT2D eigenvalue weighted by Crippen LogP contribution is -2.40. The zero-order valence-electron chi connectivity index (χ0n) is 12.0. The van der Waals surface area contributed by atoms with Crippen LogP contribution in [0.5, 0.6) is 0 Å². The summed E-state index contributed by atoms with van der Waals surface area (Å²) in [5.41, 5.74) is -0.735. The van der Waals surface area contributed by atoms with E-state index in [0.29, 0.717) is 0 Å². The number of aromatic amines is 1. The van der Waals surface area contributed by atoms with Crippen molar-refractivity contribution in [2.45, 2.75) is 18.7 Å². The minimum atomic E-state index is -3.69. The van der Waals surface area contributed by atoms with Crippen LogP contribution in [0.3, 0.4) is 0 Å². The molecule has 0 unspecified atom stereocenters. The van der Waals surface area contributed by atoms with Crippen LogP contribution in [-0.2, 0) is 10.0 Å². The van der Waals surface area contributed by atoms with Crippen molar-refractivity contribution in [3.8, 4) is 0 Å². The highest BCUT2D eigenvalue weighted by Crippen LogP contribution is 2.16. The molecule has 0 aliphatic rings. The second kappa shape index (κ2) is 6.26. The third-order valence-corrected chi connectivity index (χ3v) is 4.29. The Morgan fingerprint density at radius 3 is 2.50 bits per heavy atom. The van der Waals surface area contributed by atoms with Crippen molar-refractivity contribution in [1.82, 2.24) is 14.6 Å². The Balaban J connectivity index is 2.85. The van der Waals surface area contributed by atoms with E-state index in [9.17, 15) is 13.2 Å². The van der Waals surface area contributed by atoms with Crippen LogP contribution < -0.4 is 10.3 Å². The van der Waals surface area contributed by atoms with Gasteiger partial charge in [-0.3, -0.25) is 4.79 Å². The predicted octanol–water partition coefficient (Wildman–Crippen LogP) is 0.894. The summed E-state index contributed by atoms with van der Waals surface area (Å²) in [5.74, 6) is 0. The van der Waals surface area contributed by atoms with Crippen LogP contribution in [0.25, 0.3) is 0 Å². The van der Waals surface area contributed by atoms with E-state index >= 15 is 0 Å². The van der Waals surface area contributed by atoms with Crippen molar-refractivity contribution in [2.75, 3.05) is 27.2 Å². The lowest BCUT2D eigenvalue weighted by Gasteiger charge is -2.28. The molecule has 0 aliphatic heterocycles. The van der Waals surface area contributed by atoms with Crippen molar-refractivity contribution in [3.63, 3.8) is 0 Å². The average Bonchev–Trinajstić information content (AvgIpc) is 2.29. The van der Waals surface area contributed by atoms with Crippen LogP contribution in [0.1, 0.15) is 13.8 Å². The Bertz CT molecular complexity index is 623. The van der Waals surface area contributed by atoms with E-state index in [1.165, 1.54) is 0 Å². The molecular weight excluding hydrogens is 302 g/mol. The zero-order valence-corrected chi connectivity index (χ0v) is 13.6. The fourth-order valence-electron chi connectivity index (χ4n) is 1.88. The first-order chi connectivity index (χ1) is 9.03. The van der Waals surface area contributed by atoms with E-state index in [4.69, 9.17) is 11.6 Å². The first-order valence-electron chi connectivity index (χ1n) is 6.06. The highest BCUT2D eigenvalue weighted by atomic mass is 35.5. The maximum absolute atomic E-state index is 12.1. The fraction of sp³-hybridized carbons (Fsp3) is 0.583. The van der Waals surface area contributed by atoms with Gasteiger partial charge in [0.15, 0.2) is 0 Å². The van der Waals surface area contributed by atoms with Crippen LogP contribution in [0.2, 0.25) is 5.02 Å². The molecule has 1 aromatic heterocycles. The Morgan fingerprint density at radius 2 is 2.00 bits per heavy atom. The SMILES string of the molecule is CN(C)CC(C)(C)CNS(=O)(=O)c1c[nH]c(=O)c(Cl)c1. The van der Waals surface area contributed by atoms with Crippen LogP contribution in [-0.4, -0.2) is 45.5 Å². The van der Waals surface area contributed by atoms with Gasteiger partial charge >= 0.3 is 0 Å². The molecule has 0 atom stereocenters. The first kappa shape index (κ1) is 17.2. The van der Waals surface area contributed by atoms with Gasteiger partial charge in [-0.2, -0.15) is 0 Å². The summed E-state index contributed by atoms with van der Waals surface area (Å²) in [6.45, 7) is 4.96. The monoisotopic (exact) mass is 321 g/mol. The predicted molar refractivity (Wildman–Crippen MR) is 79.6 cm³/mol. The number of aromatic nitrogens is 1. The maximum atomic E-state index is 12.1. The molecule has 0 aromatic carbocycles. The number of nitrogens with zero attached hydrogens (tertiary/aromatic N) is 1. The quantitative estimate of drug-likeness (QED) is 0.815. The van der Waals surface area contributed by atoms with E-state index in [0.717, 1.165) is 18.8 Å². The zero-order chi connectivity index (χ0) is 15.6. The second-order valence-electron chi connectivity index (χ2n) is 5.74. The number of hydrogen-bond donors (Lipinski definition) is 2. The van der Waals surface area contributed by atoms with E-state index in [1.54, 1.807) is 0 Å². The minimum Gasteiger partial charge on any atom is -0.326 e. The number of hydrogen-bond acceptors (Lipinski definition) is 4. The first-order valence-corrected chi connectivity index (χ1v) is 7.92. The Hall–Kier alpha value is -0.890. The summed E-state index contributed by atoms with van der Waals surface area (Å²) in [5, 5.41) is -0.152. The molecule has 0 bridgehead atoms. The van der Waals surface area contributed by atoms with Crippen molar-refractivity contribution in [3.05, 3.63) is 27.6 Å². The molecule has 1 rings (SSSR count). The van der Waals surface area contributed by atoms with Gasteiger partial charge in [0, 0.05) is 19.3 Å². The molecule has 1 heterocycles. The molecule has 0 spiro atoms. The smallest absolute Gasteiger partial charge is 0.266 e. The highest BCUT2D eigenvalue weighted by molar-refractivity contribution is 7.89. The summed E-state index contributed by atoms with van der Waals surface area (Å²) in [4.78, 5) is 15.4. The van der Waals surface area contributed by atoms with Gasteiger partial charge in [0.1, 0.15) is 5.02 Å². The third-order valence-electron chi connectivity index (χ3n) is 2.63. The lowest BCUT2D eigenvalue weighted by atomic mass is 9.93. The number of nitrogens with one attached hydrogen (secondary N) is 2. The summed E-state index contributed by atoms with van der Waals surface area (Å²) >= 11 is 5.64. The van der Waals surface area contributed by atoms with Gasteiger partial charge in [0.25, 0.3) is 5.56 Å². The van der Waals surface area contributed by atoms with Gasteiger partial charge in [-0.25, -0.2) is 13.1 Å². The van der Waals surface area contributed by atoms with Gasteiger partial charge < -0.3 is 9.88 Å². The molecule has 0 saturated heterocycles. The van der Waals surface area contributed by atoms with Crippen LogP contribution in [0.4, 0.5) is 0 Å². The largest absolute Gasteiger partial charge is 0.326 e. The van der Waals surface area contributed by atoms with E-state index in [1.807, 2.05) is 32.8 Å². The fourth-order valence-corrected chi connectivity index (χ4v) is 3.35. The highest BCUT2D eigenvalue weighted by Gasteiger charge is 2.23. The van der Waals surface area contributed by atoms with Crippen molar-refractivity contribution in [1.29, 1.82) is 0 Å². The average molecular weight is 322 g/mol. The number of sulfonamides is 1. The molecular formula is C12H20ClN3O3S. The van der Waals surface area contributed by atoms with Gasteiger partial charge in [-0.15, -0.1) is 0 Å². The molecule has 0 aliphatic carbocycles. The number of halogens is 1. The van der Waals surface area contributed by atoms with Gasteiger partial charge in [-0.1, -0.05) is 25.4 Å². The molecule has 1 aromatic rings. The molecule has 0 radical (unpaired) electrons. The van der Waals surface area contributed by atoms with E-state index in [-0.39, 0.29) is 21.9 Å². The molecule has 114 valence electrons. The van der Waals surface area contributed by atoms with Gasteiger partial charge in [0.2, 0.25) is 10.0 Å². The summed E-state index contributed by atoms with van der Waals surface area (Å²) in [7, 11) is 0.165. The van der Waals surface area contributed by atoms with Crippen molar-refractivity contribution in [2.24, 2.45) is 5.41 Å². The minimum absolute atomic E-state index is 0.0530.